The lowest BCUT2D eigenvalue weighted by Crippen LogP contribution is -2.45. The fraction of sp³-hybridized carbons (Fsp3) is 0.762. The zero-order valence-corrected chi connectivity index (χ0v) is 18.3. The van der Waals surface area contributed by atoms with Crippen molar-refractivity contribution in [1.29, 1.82) is 0 Å². The number of rotatable bonds is 10. The number of thiophene rings is 1. The highest BCUT2D eigenvalue weighted by atomic mass is 32.1. The fourth-order valence-electron chi connectivity index (χ4n) is 4.28. The maximum atomic E-state index is 5.26. The van der Waals surface area contributed by atoms with Crippen molar-refractivity contribution in [2.24, 2.45) is 4.99 Å². The first-order chi connectivity index (χ1) is 13.8. The first kappa shape index (κ1) is 21.6. The van der Waals surface area contributed by atoms with Crippen LogP contribution >= 0.6 is 11.3 Å². The Bertz CT molecular complexity index is 573. The van der Waals surface area contributed by atoms with Crippen LogP contribution in [0, 0.1) is 0 Å². The van der Waals surface area contributed by atoms with E-state index in [0.29, 0.717) is 12.1 Å². The van der Waals surface area contributed by atoms with E-state index in [2.05, 4.69) is 44.9 Å². The molecule has 6 nitrogen and oxygen atoms in total. The van der Waals surface area contributed by atoms with Gasteiger partial charge < -0.3 is 15.4 Å². The average molecular weight is 408 g/mol. The van der Waals surface area contributed by atoms with Gasteiger partial charge in [0.25, 0.3) is 0 Å². The van der Waals surface area contributed by atoms with Crippen LogP contribution in [0.4, 0.5) is 0 Å². The Hall–Kier alpha value is -1.15. The van der Waals surface area contributed by atoms with Crippen LogP contribution in [-0.4, -0.2) is 81.3 Å². The van der Waals surface area contributed by atoms with Crippen LogP contribution in [0.2, 0.25) is 0 Å². The molecule has 0 radical (unpaired) electrons. The number of guanidine groups is 1. The molecule has 28 heavy (non-hydrogen) atoms. The summed E-state index contributed by atoms with van der Waals surface area (Å²) < 4.78 is 5.26. The Labute approximate surface area is 174 Å². The Morgan fingerprint density at radius 3 is 2.86 bits per heavy atom. The van der Waals surface area contributed by atoms with E-state index in [1.807, 2.05) is 11.3 Å². The zero-order chi connectivity index (χ0) is 19.6. The standard InChI is InChI=1S/C21H37N5OS/c1-3-22-21(23-16-18-8-6-12-25(18)13-14-27-2)24-17-19(20-9-7-15-28-20)26-10-4-5-11-26/h7,9,15,18-19H,3-6,8,10-14,16-17H2,1-2H3,(H2,22,23,24). The molecule has 1 aromatic rings. The van der Waals surface area contributed by atoms with E-state index >= 15 is 0 Å². The quantitative estimate of drug-likeness (QED) is 0.461. The first-order valence-electron chi connectivity index (χ1n) is 10.8. The lowest BCUT2D eigenvalue weighted by Gasteiger charge is -2.27. The number of nitrogens with zero attached hydrogens (tertiary/aromatic N) is 3. The summed E-state index contributed by atoms with van der Waals surface area (Å²) >= 11 is 1.85. The molecule has 2 N–H and O–H groups in total. The molecule has 158 valence electrons. The van der Waals surface area contributed by atoms with Crippen molar-refractivity contribution in [2.45, 2.75) is 44.7 Å². The van der Waals surface area contributed by atoms with Crippen molar-refractivity contribution in [3.8, 4) is 0 Å². The van der Waals surface area contributed by atoms with Crippen molar-refractivity contribution in [1.82, 2.24) is 20.4 Å². The van der Waals surface area contributed by atoms with E-state index in [1.165, 1.54) is 50.2 Å². The minimum absolute atomic E-state index is 0.405. The Morgan fingerprint density at radius 1 is 1.29 bits per heavy atom. The molecule has 2 aliphatic rings. The monoisotopic (exact) mass is 407 g/mol. The van der Waals surface area contributed by atoms with E-state index in [9.17, 15) is 0 Å². The Kier molecular flexibility index (Phi) is 9.05. The second-order valence-electron chi connectivity index (χ2n) is 7.70. The molecule has 0 saturated carbocycles. The first-order valence-corrected chi connectivity index (χ1v) is 11.7. The summed E-state index contributed by atoms with van der Waals surface area (Å²) in [6.07, 6.45) is 5.15. The summed E-state index contributed by atoms with van der Waals surface area (Å²) in [6, 6.07) is 5.40. The van der Waals surface area contributed by atoms with Crippen molar-refractivity contribution < 1.29 is 4.74 Å². The molecule has 7 heteroatoms. The van der Waals surface area contributed by atoms with Crippen LogP contribution < -0.4 is 10.6 Å². The maximum Gasteiger partial charge on any atom is 0.191 e. The van der Waals surface area contributed by atoms with Gasteiger partial charge in [-0.3, -0.25) is 14.8 Å². The van der Waals surface area contributed by atoms with E-state index in [4.69, 9.17) is 9.73 Å². The molecule has 0 amide bonds. The van der Waals surface area contributed by atoms with Crippen molar-refractivity contribution in [2.75, 3.05) is 59.5 Å². The molecule has 2 fully saturated rings. The molecular formula is C21H37N5OS. The molecule has 0 spiro atoms. The maximum absolute atomic E-state index is 5.26. The summed E-state index contributed by atoms with van der Waals surface area (Å²) in [5, 5.41) is 9.22. The third-order valence-corrected chi connectivity index (χ3v) is 6.78. The van der Waals surface area contributed by atoms with Crippen LogP contribution in [0.15, 0.2) is 22.5 Å². The minimum atomic E-state index is 0.405. The SMILES string of the molecule is CCNC(=NCC(c1cccs1)N1CCCC1)NCC1CCCN1CCOC. The number of nitrogens with one attached hydrogen (secondary N) is 2. The van der Waals surface area contributed by atoms with Crippen molar-refractivity contribution in [3.05, 3.63) is 22.4 Å². The van der Waals surface area contributed by atoms with Crippen molar-refractivity contribution >= 4 is 17.3 Å². The third kappa shape index (κ3) is 6.17. The summed E-state index contributed by atoms with van der Waals surface area (Å²) in [5.41, 5.74) is 0. The molecule has 0 aliphatic carbocycles. The van der Waals surface area contributed by atoms with Crippen LogP contribution in [0.5, 0.6) is 0 Å². The number of hydrogen-bond acceptors (Lipinski definition) is 5. The lowest BCUT2D eigenvalue weighted by atomic mass is 10.2. The van der Waals surface area contributed by atoms with Gasteiger partial charge in [0.2, 0.25) is 0 Å². The normalized spacial score (nSPS) is 22.6. The number of likely N-dealkylation sites (tertiary alicyclic amines) is 2. The third-order valence-electron chi connectivity index (χ3n) is 5.81. The van der Waals surface area contributed by atoms with Gasteiger partial charge in [0.05, 0.1) is 19.2 Å². The van der Waals surface area contributed by atoms with Gasteiger partial charge in [-0.2, -0.15) is 0 Å². The van der Waals surface area contributed by atoms with Gasteiger partial charge in [-0.05, 0) is 63.7 Å². The Balaban J connectivity index is 1.57. The van der Waals surface area contributed by atoms with Gasteiger partial charge in [-0.25, -0.2) is 0 Å². The molecule has 0 aromatic carbocycles. The largest absolute Gasteiger partial charge is 0.383 e. The highest BCUT2D eigenvalue weighted by Crippen LogP contribution is 2.28. The summed E-state index contributed by atoms with van der Waals surface area (Å²) in [4.78, 5) is 11.6. The fourth-order valence-corrected chi connectivity index (χ4v) is 5.13. The lowest BCUT2D eigenvalue weighted by molar-refractivity contribution is 0.141. The Morgan fingerprint density at radius 2 is 2.14 bits per heavy atom. The van der Waals surface area contributed by atoms with E-state index in [1.54, 1.807) is 7.11 Å². The minimum Gasteiger partial charge on any atom is -0.383 e. The van der Waals surface area contributed by atoms with Gasteiger partial charge in [0.15, 0.2) is 5.96 Å². The second kappa shape index (κ2) is 11.8. The zero-order valence-electron chi connectivity index (χ0n) is 17.5. The number of hydrogen-bond donors (Lipinski definition) is 2. The molecule has 2 unspecified atom stereocenters. The van der Waals surface area contributed by atoms with Crippen molar-refractivity contribution in [3.63, 3.8) is 0 Å². The topological polar surface area (TPSA) is 52.1 Å². The highest BCUT2D eigenvalue weighted by Gasteiger charge is 2.25. The molecule has 1 aromatic heterocycles. The smallest absolute Gasteiger partial charge is 0.191 e. The average Bonchev–Trinajstić information content (AvgIpc) is 3.47. The second-order valence-corrected chi connectivity index (χ2v) is 8.68. The molecule has 2 aliphatic heterocycles. The van der Waals surface area contributed by atoms with Gasteiger partial charge in [-0.1, -0.05) is 6.07 Å². The van der Waals surface area contributed by atoms with Crippen LogP contribution in [0.1, 0.15) is 43.5 Å². The van der Waals surface area contributed by atoms with Crippen LogP contribution in [0.3, 0.4) is 0 Å². The molecule has 2 atom stereocenters. The predicted molar refractivity (Wildman–Crippen MR) is 118 cm³/mol. The molecule has 3 heterocycles. The number of ether oxygens (including phenoxy) is 1. The van der Waals surface area contributed by atoms with Gasteiger partial charge in [-0.15, -0.1) is 11.3 Å². The molecule has 0 bridgehead atoms. The van der Waals surface area contributed by atoms with Crippen LogP contribution in [-0.2, 0) is 4.74 Å². The van der Waals surface area contributed by atoms with Gasteiger partial charge in [0.1, 0.15) is 0 Å². The van der Waals surface area contributed by atoms with E-state index in [-0.39, 0.29) is 0 Å². The molecule has 3 rings (SSSR count). The predicted octanol–water partition coefficient (Wildman–Crippen LogP) is 2.55. The summed E-state index contributed by atoms with van der Waals surface area (Å²) in [5.74, 6) is 0.946. The molecular weight excluding hydrogens is 370 g/mol. The number of aliphatic imine (C=N–C) groups is 1. The highest BCUT2D eigenvalue weighted by molar-refractivity contribution is 7.10. The summed E-state index contributed by atoms with van der Waals surface area (Å²) in [7, 11) is 1.78. The molecule has 2 saturated heterocycles. The number of methoxy groups -OCH3 is 1. The van der Waals surface area contributed by atoms with Gasteiger partial charge in [0, 0.05) is 37.7 Å². The van der Waals surface area contributed by atoms with Gasteiger partial charge >= 0.3 is 0 Å². The van der Waals surface area contributed by atoms with E-state index < -0.39 is 0 Å². The van der Waals surface area contributed by atoms with Crippen LogP contribution in [0.25, 0.3) is 0 Å². The summed E-state index contributed by atoms with van der Waals surface area (Å²) in [6.45, 7) is 10.2. The van der Waals surface area contributed by atoms with E-state index in [0.717, 1.165) is 38.7 Å².